The van der Waals surface area contributed by atoms with Crippen LogP contribution in [-0.4, -0.2) is 31.4 Å². The maximum Gasteiger partial charge on any atom is 0.262 e. The van der Waals surface area contributed by atoms with E-state index in [-0.39, 0.29) is 17.2 Å². The third-order valence-electron chi connectivity index (χ3n) is 4.09. The van der Waals surface area contributed by atoms with Gasteiger partial charge in [0.25, 0.3) is 5.56 Å². The Bertz CT molecular complexity index is 1010. The van der Waals surface area contributed by atoms with E-state index in [1.165, 1.54) is 27.7 Å². The number of aromatic amines is 1. The van der Waals surface area contributed by atoms with Crippen molar-refractivity contribution < 1.29 is 4.79 Å². The molecule has 0 unspecified atom stereocenters. The van der Waals surface area contributed by atoms with E-state index in [1.807, 2.05) is 27.7 Å². The molecule has 3 rings (SSSR count). The first-order valence-electron chi connectivity index (χ1n) is 7.70. The van der Waals surface area contributed by atoms with Crippen molar-refractivity contribution in [1.82, 2.24) is 19.7 Å². The minimum Gasteiger partial charge on any atom is -0.322 e. The van der Waals surface area contributed by atoms with E-state index in [0.717, 1.165) is 26.7 Å². The molecule has 0 bridgehead atoms. The topological polar surface area (TPSA) is 92.7 Å². The van der Waals surface area contributed by atoms with E-state index < -0.39 is 0 Å². The smallest absolute Gasteiger partial charge is 0.262 e. The first-order valence-corrected chi connectivity index (χ1v) is 9.50. The fraction of sp³-hybridized carbons (Fsp3) is 0.375. The summed E-state index contributed by atoms with van der Waals surface area (Å²) in [7, 11) is 1.69. The first-order chi connectivity index (χ1) is 11.8. The Morgan fingerprint density at radius 2 is 2.04 bits per heavy atom. The summed E-state index contributed by atoms with van der Waals surface area (Å²) in [5, 5.41) is 10.9. The summed E-state index contributed by atoms with van der Waals surface area (Å²) < 4.78 is 1.51. The number of anilines is 1. The van der Waals surface area contributed by atoms with Crippen LogP contribution in [0.1, 0.15) is 21.8 Å². The fourth-order valence-corrected chi connectivity index (χ4v) is 4.37. The molecule has 0 aliphatic rings. The van der Waals surface area contributed by atoms with Crippen molar-refractivity contribution in [2.24, 2.45) is 7.05 Å². The average Bonchev–Trinajstić information content (AvgIpc) is 3.03. The summed E-state index contributed by atoms with van der Waals surface area (Å²) in [4.78, 5) is 31.2. The van der Waals surface area contributed by atoms with E-state index in [4.69, 9.17) is 0 Å². The second kappa shape index (κ2) is 6.64. The van der Waals surface area contributed by atoms with Crippen LogP contribution in [0.25, 0.3) is 10.2 Å². The lowest BCUT2D eigenvalue weighted by atomic mass is 10.2. The number of carbonyl (C=O) groups is 1. The minimum absolute atomic E-state index is 0.0729. The molecule has 0 aliphatic heterocycles. The van der Waals surface area contributed by atoms with E-state index >= 15 is 0 Å². The molecule has 0 fully saturated rings. The van der Waals surface area contributed by atoms with Gasteiger partial charge in [-0.25, -0.2) is 4.98 Å². The van der Waals surface area contributed by atoms with Gasteiger partial charge in [0.2, 0.25) is 5.91 Å². The van der Waals surface area contributed by atoms with Gasteiger partial charge >= 0.3 is 0 Å². The number of hydrogen-bond acceptors (Lipinski definition) is 6. The zero-order valence-electron chi connectivity index (χ0n) is 14.7. The van der Waals surface area contributed by atoms with Crippen LogP contribution >= 0.6 is 23.1 Å². The van der Waals surface area contributed by atoms with Crippen LogP contribution < -0.4 is 10.9 Å². The highest BCUT2D eigenvalue weighted by atomic mass is 32.2. The van der Waals surface area contributed by atoms with Gasteiger partial charge in [-0.3, -0.25) is 19.3 Å². The van der Waals surface area contributed by atoms with E-state index in [9.17, 15) is 9.59 Å². The van der Waals surface area contributed by atoms with Crippen molar-refractivity contribution in [3.8, 4) is 0 Å². The van der Waals surface area contributed by atoms with Crippen LogP contribution in [0.2, 0.25) is 0 Å². The predicted octanol–water partition coefficient (Wildman–Crippen LogP) is 2.68. The zero-order chi connectivity index (χ0) is 18.3. The number of aromatic nitrogens is 4. The quantitative estimate of drug-likeness (QED) is 0.539. The standard InChI is InChI=1S/C16H19N5O2S2/c1-7-10(4)25-14-12(7)15(23)21(5)16(18-14)24-6-11(22)17-13-8(2)19-20-9(13)3/h6H2,1-5H3,(H,17,22)(H,19,20). The highest BCUT2D eigenvalue weighted by molar-refractivity contribution is 7.99. The summed E-state index contributed by atoms with van der Waals surface area (Å²) in [5.74, 6) is 0.00427. The third-order valence-corrected chi connectivity index (χ3v) is 6.23. The lowest BCUT2D eigenvalue weighted by Crippen LogP contribution is -2.21. The maximum absolute atomic E-state index is 12.6. The Kier molecular flexibility index (Phi) is 4.70. The Morgan fingerprint density at radius 3 is 2.68 bits per heavy atom. The molecule has 0 aliphatic carbocycles. The number of hydrogen-bond donors (Lipinski definition) is 2. The van der Waals surface area contributed by atoms with Crippen LogP contribution in [0.3, 0.4) is 0 Å². The number of aryl methyl sites for hydroxylation is 4. The summed E-state index contributed by atoms with van der Waals surface area (Å²) >= 11 is 2.76. The summed E-state index contributed by atoms with van der Waals surface area (Å²) in [6.45, 7) is 7.60. The van der Waals surface area contributed by atoms with Crippen molar-refractivity contribution in [3.63, 3.8) is 0 Å². The molecule has 132 valence electrons. The monoisotopic (exact) mass is 377 g/mol. The molecule has 0 aromatic carbocycles. The Hall–Kier alpha value is -2.13. The molecule has 3 aromatic rings. The second-order valence-corrected chi connectivity index (χ2v) is 8.01. The Morgan fingerprint density at radius 1 is 1.32 bits per heavy atom. The van der Waals surface area contributed by atoms with Gasteiger partial charge in [0.15, 0.2) is 5.16 Å². The maximum atomic E-state index is 12.6. The third kappa shape index (κ3) is 3.21. The highest BCUT2D eigenvalue weighted by Gasteiger charge is 2.16. The molecule has 25 heavy (non-hydrogen) atoms. The molecule has 3 aromatic heterocycles. The van der Waals surface area contributed by atoms with Crippen molar-refractivity contribution in [2.45, 2.75) is 32.9 Å². The molecular weight excluding hydrogens is 358 g/mol. The van der Waals surface area contributed by atoms with Gasteiger partial charge in [0, 0.05) is 11.9 Å². The van der Waals surface area contributed by atoms with Crippen LogP contribution in [0, 0.1) is 27.7 Å². The lowest BCUT2D eigenvalue weighted by molar-refractivity contribution is -0.113. The molecule has 0 saturated heterocycles. The zero-order valence-corrected chi connectivity index (χ0v) is 16.3. The van der Waals surface area contributed by atoms with Crippen LogP contribution in [0.15, 0.2) is 9.95 Å². The van der Waals surface area contributed by atoms with Gasteiger partial charge in [-0.15, -0.1) is 11.3 Å². The molecular formula is C16H19N5O2S2. The normalized spacial score (nSPS) is 11.2. The number of rotatable bonds is 4. The minimum atomic E-state index is -0.162. The largest absolute Gasteiger partial charge is 0.322 e. The van der Waals surface area contributed by atoms with Gasteiger partial charge in [0.1, 0.15) is 4.83 Å². The summed E-state index contributed by atoms with van der Waals surface area (Å²) in [6, 6.07) is 0. The number of nitrogens with zero attached hydrogens (tertiary/aromatic N) is 3. The van der Waals surface area contributed by atoms with Crippen molar-refractivity contribution in [2.75, 3.05) is 11.1 Å². The lowest BCUT2D eigenvalue weighted by Gasteiger charge is -2.08. The van der Waals surface area contributed by atoms with Crippen molar-refractivity contribution in [3.05, 3.63) is 32.2 Å². The van der Waals surface area contributed by atoms with Crippen LogP contribution in [0.5, 0.6) is 0 Å². The van der Waals surface area contributed by atoms with Crippen molar-refractivity contribution in [1.29, 1.82) is 0 Å². The number of thioether (sulfide) groups is 1. The molecule has 9 heteroatoms. The molecule has 0 atom stereocenters. The molecule has 2 N–H and O–H groups in total. The number of amides is 1. The first kappa shape index (κ1) is 17.7. The van der Waals surface area contributed by atoms with Gasteiger partial charge in [-0.2, -0.15) is 5.10 Å². The second-order valence-electron chi connectivity index (χ2n) is 5.87. The van der Waals surface area contributed by atoms with E-state index in [0.29, 0.717) is 16.2 Å². The van der Waals surface area contributed by atoms with Gasteiger partial charge in [-0.1, -0.05) is 11.8 Å². The van der Waals surface area contributed by atoms with Crippen LogP contribution in [0.4, 0.5) is 5.69 Å². The Balaban J connectivity index is 1.80. The van der Waals surface area contributed by atoms with Gasteiger partial charge < -0.3 is 5.32 Å². The van der Waals surface area contributed by atoms with Crippen molar-refractivity contribution >= 4 is 44.9 Å². The molecule has 0 spiro atoms. The van der Waals surface area contributed by atoms with Gasteiger partial charge in [0.05, 0.1) is 28.2 Å². The van der Waals surface area contributed by atoms with E-state index in [1.54, 1.807) is 7.05 Å². The number of thiophene rings is 1. The summed E-state index contributed by atoms with van der Waals surface area (Å²) in [6.07, 6.45) is 0. The SMILES string of the molecule is Cc1n[nH]c(C)c1NC(=O)CSc1nc2sc(C)c(C)c2c(=O)n1C. The van der Waals surface area contributed by atoms with E-state index in [2.05, 4.69) is 20.5 Å². The van der Waals surface area contributed by atoms with Gasteiger partial charge in [-0.05, 0) is 33.3 Å². The molecule has 1 amide bonds. The predicted molar refractivity (Wildman–Crippen MR) is 102 cm³/mol. The Labute approximate surface area is 152 Å². The average molecular weight is 377 g/mol. The fourth-order valence-electron chi connectivity index (χ4n) is 2.53. The molecule has 7 nitrogen and oxygen atoms in total. The number of H-pyrrole nitrogens is 1. The number of nitrogens with one attached hydrogen (secondary N) is 2. The number of carbonyl (C=O) groups excluding carboxylic acids is 1. The number of fused-ring (bicyclic) bond motifs is 1. The van der Waals surface area contributed by atoms with Crippen LogP contribution in [-0.2, 0) is 11.8 Å². The highest BCUT2D eigenvalue weighted by Crippen LogP contribution is 2.28. The summed E-state index contributed by atoms with van der Waals surface area (Å²) in [5.41, 5.74) is 3.16. The molecule has 0 saturated carbocycles. The molecule has 0 radical (unpaired) electrons. The molecule has 3 heterocycles.